The molecule has 0 radical (unpaired) electrons. The Morgan fingerprint density at radius 1 is 1.38 bits per heavy atom. The second-order valence-electron chi connectivity index (χ2n) is 6.07. The maximum atomic E-state index is 10.7. The summed E-state index contributed by atoms with van der Waals surface area (Å²) in [4.78, 5) is 8.68. The fourth-order valence-corrected chi connectivity index (χ4v) is 3.82. The average Bonchev–Trinajstić information content (AvgIpc) is 3.28. The van der Waals surface area contributed by atoms with Crippen molar-refractivity contribution in [2.45, 2.75) is 31.0 Å². The number of nitrogens with zero attached hydrogens (tertiary/aromatic N) is 3. The second kappa shape index (κ2) is 5.61. The first-order valence-corrected chi connectivity index (χ1v) is 8.49. The largest absolute Gasteiger partial charge is 0.394 e. The Bertz CT molecular complexity index is 861. The molecule has 4 atom stereocenters. The van der Waals surface area contributed by atoms with E-state index in [2.05, 4.69) is 9.97 Å². The molecule has 1 saturated heterocycles. The average molecular weight is 347 g/mol. The number of aliphatic hydroxyl groups excluding tert-OH is 2. The van der Waals surface area contributed by atoms with E-state index in [-0.39, 0.29) is 6.61 Å². The molecule has 3 aromatic heterocycles. The minimum atomic E-state index is -1.55. The van der Waals surface area contributed by atoms with Crippen LogP contribution in [-0.2, 0) is 4.74 Å². The maximum Gasteiger partial charge on any atom is 0.167 e. The second-order valence-corrected chi connectivity index (χ2v) is 6.85. The van der Waals surface area contributed by atoms with E-state index in [1.807, 2.05) is 22.9 Å². The molecule has 3 N–H and O–H groups in total. The third kappa shape index (κ3) is 2.19. The highest BCUT2D eigenvalue weighted by molar-refractivity contribution is 7.08. The summed E-state index contributed by atoms with van der Waals surface area (Å²) in [7, 11) is 0. The van der Waals surface area contributed by atoms with Gasteiger partial charge in [0.05, 0.1) is 12.3 Å². The van der Waals surface area contributed by atoms with Crippen molar-refractivity contribution in [3.05, 3.63) is 35.4 Å². The van der Waals surface area contributed by atoms with Crippen molar-refractivity contribution in [1.82, 2.24) is 14.5 Å². The van der Waals surface area contributed by atoms with Gasteiger partial charge in [-0.15, -0.1) is 0 Å². The van der Waals surface area contributed by atoms with Crippen molar-refractivity contribution in [1.29, 1.82) is 0 Å². The standard InChI is InChI=1S/C16H17N3O4S/c1-16(22)13(21)11(6-20)23-15(16)19-4-2-10-12(9-3-5-24-7-9)17-8-18-14(10)19/h2-5,7-8,11,13,15,20-22H,6H2,1H3/t11?,13?,15?,16-/m1/s1. The Balaban J connectivity index is 1.83. The molecule has 0 saturated carbocycles. The number of rotatable bonds is 3. The van der Waals surface area contributed by atoms with E-state index >= 15 is 0 Å². The van der Waals surface area contributed by atoms with E-state index in [0.29, 0.717) is 5.65 Å². The fourth-order valence-electron chi connectivity index (χ4n) is 3.18. The number of aliphatic hydroxyl groups is 3. The lowest BCUT2D eigenvalue weighted by Crippen LogP contribution is -2.44. The minimum absolute atomic E-state index is 0.373. The molecule has 0 aliphatic carbocycles. The molecule has 3 aromatic rings. The van der Waals surface area contributed by atoms with E-state index < -0.39 is 24.0 Å². The Morgan fingerprint density at radius 2 is 2.21 bits per heavy atom. The van der Waals surface area contributed by atoms with Gasteiger partial charge in [0.25, 0.3) is 0 Å². The highest BCUT2D eigenvalue weighted by Crippen LogP contribution is 2.40. The zero-order valence-corrected chi connectivity index (χ0v) is 13.7. The van der Waals surface area contributed by atoms with Crippen LogP contribution in [0.4, 0.5) is 0 Å². The summed E-state index contributed by atoms with van der Waals surface area (Å²) in [6, 6.07) is 3.85. The molecule has 24 heavy (non-hydrogen) atoms. The zero-order valence-electron chi connectivity index (χ0n) is 12.9. The van der Waals surface area contributed by atoms with Crippen molar-refractivity contribution in [2.24, 2.45) is 0 Å². The van der Waals surface area contributed by atoms with Crippen molar-refractivity contribution < 1.29 is 20.1 Å². The Morgan fingerprint density at radius 3 is 2.88 bits per heavy atom. The van der Waals surface area contributed by atoms with E-state index in [1.54, 1.807) is 22.1 Å². The molecule has 0 spiro atoms. The lowest BCUT2D eigenvalue weighted by Gasteiger charge is -2.27. The number of fused-ring (bicyclic) bond motifs is 1. The van der Waals surface area contributed by atoms with Crippen LogP contribution in [0.1, 0.15) is 13.2 Å². The van der Waals surface area contributed by atoms with Crippen LogP contribution < -0.4 is 0 Å². The third-order valence-corrected chi connectivity index (χ3v) is 5.17. The van der Waals surface area contributed by atoms with Gasteiger partial charge in [0, 0.05) is 22.5 Å². The predicted octanol–water partition coefficient (Wildman–Crippen LogP) is 1.16. The summed E-state index contributed by atoms with van der Waals surface area (Å²) in [5.41, 5.74) is 0.851. The number of ether oxygens (including phenoxy) is 1. The number of aromatic nitrogens is 3. The predicted molar refractivity (Wildman–Crippen MR) is 88.5 cm³/mol. The molecular formula is C16H17N3O4S. The van der Waals surface area contributed by atoms with E-state index in [0.717, 1.165) is 16.6 Å². The van der Waals surface area contributed by atoms with Crippen molar-refractivity contribution >= 4 is 22.4 Å². The van der Waals surface area contributed by atoms with Gasteiger partial charge in [0.1, 0.15) is 29.8 Å². The van der Waals surface area contributed by atoms with Gasteiger partial charge in [-0.2, -0.15) is 11.3 Å². The normalized spacial score (nSPS) is 30.2. The van der Waals surface area contributed by atoms with Crippen molar-refractivity contribution in [3.8, 4) is 11.3 Å². The fraction of sp³-hybridized carbons (Fsp3) is 0.375. The quantitative estimate of drug-likeness (QED) is 0.657. The molecule has 0 amide bonds. The molecule has 0 bridgehead atoms. The molecule has 4 heterocycles. The summed E-state index contributed by atoms with van der Waals surface area (Å²) >= 11 is 1.59. The van der Waals surface area contributed by atoms with Crippen molar-refractivity contribution in [2.75, 3.05) is 6.61 Å². The summed E-state index contributed by atoms with van der Waals surface area (Å²) < 4.78 is 7.35. The molecule has 4 rings (SSSR count). The molecule has 0 aromatic carbocycles. The molecule has 3 unspecified atom stereocenters. The van der Waals surface area contributed by atoms with Gasteiger partial charge in [-0.05, 0) is 24.4 Å². The van der Waals surface area contributed by atoms with Crippen LogP contribution in [-0.4, -0.2) is 54.3 Å². The zero-order chi connectivity index (χ0) is 16.9. The number of hydrogen-bond acceptors (Lipinski definition) is 7. The molecule has 1 fully saturated rings. The van der Waals surface area contributed by atoms with Gasteiger partial charge in [-0.1, -0.05) is 0 Å². The van der Waals surface area contributed by atoms with Crippen LogP contribution in [0.3, 0.4) is 0 Å². The van der Waals surface area contributed by atoms with Gasteiger partial charge in [0.2, 0.25) is 0 Å². The summed E-state index contributed by atoms with van der Waals surface area (Å²) in [6.07, 6.45) is 0.326. The van der Waals surface area contributed by atoms with Gasteiger partial charge >= 0.3 is 0 Å². The molecule has 1 aliphatic heterocycles. The SMILES string of the molecule is C[C@@]1(O)C(O)C(CO)OC1n1ccc2c(-c3ccsc3)ncnc21. The molecule has 1 aliphatic rings. The van der Waals surface area contributed by atoms with Gasteiger partial charge in [-0.3, -0.25) is 0 Å². The van der Waals surface area contributed by atoms with Crippen LogP contribution in [0.25, 0.3) is 22.3 Å². The Hall–Kier alpha value is -1.84. The Kier molecular flexibility index (Phi) is 3.66. The van der Waals surface area contributed by atoms with E-state index in [4.69, 9.17) is 4.74 Å². The van der Waals surface area contributed by atoms with E-state index in [9.17, 15) is 15.3 Å². The van der Waals surface area contributed by atoms with Crippen LogP contribution in [0, 0.1) is 0 Å². The Labute approximate surface area is 141 Å². The maximum absolute atomic E-state index is 10.7. The molecule has 126 valence electrons. The van der Waals surface area contributed by atoms with Gasteiger partial charge < -0.3 is 24.6 Å². The van der Waals surface area contributed by atoms with Crippen LogP contribution >= 0.6 is 11.3 Å². The van der Waals surface area contributed by atoms with Crippen molar-refractivity contribution in [3.63, 3.8) is 0 Å². The van der Waals surface area contributed by atoms with E-state index in [1.165, 1.54) is 13.3 Å². The highest BCUT2D eigenvalue weighted by atomic mass is 32.1. The molecule has 7 nitrogen and oxygen atoms in total. The first-order valence-electron chi connectivity index (χ1n) is 7.55. The van der Waals surface area contributed by atoms with Crippen LogP contribution in [0.5, 0.6) is 0 Å². The topological polar surface area (TPSA) is 101 Å². The first kappa shape index (κ1) is 15.7. The third-order valence-electron chi connectivity index (χ3n) is 4.49. The number of hydrogen-bond donors (Lipinski definition) is 3. The smallest absolute Gasteiger partial charge is 0.167 e. The van der Waals surface area contributed by atoms with Gasteiger partial charge in [0.15, 0.2) is 6.23 Å². The van der Waals surface area contributed by atoms with Crippen LogP contribution in [0.2, 0.25) is 0 Å². The monoisotopic (exact) mass is 347 g/mol. The number of thiophene rings is 1. The minimum Gasteiger partial charge on any atom is -0.394 e. The summed E-state index contributed by atoms with van der Waals surface area (Å²) in [5, 5.41) is 35.0. The van der Waals surface area contributed by atoms with Gasteiger partial charge in [-0.25, -0.2) is 9.97 Å². The highest BCUT2D eigenvalue weighted by Gasteiger charge is 2.53. The summed E-state index contributed by atoms with van der Waals surface area (Å²) in [6.45, 7) is 1.12. The lowest BCUT2D eigenvalue weighted by molar-refractivity contribution is -0.0948. The molecular weight excluding hydrogens is 330 g/mol. The molecule has 8 heteroatoms. The first-order chi connectivity index (χ1) is 11.5. The summed E-state index contributed by atoms with van der Waals surface area (Å²) in [5.74, 6) is 0. The van der Waals surface area contributed by atoms with Crippen LogP contribution in [0.15, 0.2) is 35.4 Å². The lowest BCUT2D eigenvalue weighted by atomic mass is 9.96.